The number of phenols is 1. The van der Waals surface area contributed by atoms with Gasteiger partial charge in [0.1, 0.15) is 5.75 Å². The number of amides is 1. The molecule has 0 aliphatic rings. The van der Waals surface area contributed by atoms with E-state index in [1.54, 1.807) is 12.1 Å². The lowest BCUT2D eigenvalue weighted by molar-refractivity contribution is 0.0955. The molecule has 3 aromatic rings. The fraction of sp³-hybridized carbons (Fsp3) is 0.150. The highest BCUT2D eigenvalue weighted by molar-refractivity contribution is 6.11. The summed E-state index contributed by atoms with van der Waals surface area (Å²) in [5.74, 6) is 0.127. The second-order valence-corrected chi connectivity index (χ2v) is 5.65. The average molecular weight is 320 g/mol. The van der Waals surface area contributed by atoms with Crippen LogP contribution < -0.4 is 11.1 Å². The van der Waals surface area contributed by atoms with Crippen LogP contribution in [0.1, 0.15) is 16.8 Å². The number of hydrogen-bond donors (Lipinski definition) is 3. The normalized spacial score (nSPS) is 10.7. The third-order valence-electron chi connectivity index (χ3n) is 3.99. The molecule has 0 heterocycles. The molecule has 0 radical (unpaired) electrons. The van der Waals surface area contributed by atoms with Gasteiger partial charge in [0, 0.05) is 12.1 Å². The van der Waals surface area contributed by atoms with Crippen molar-refractivity contribution < 1.29 is 9.90 Å². The number of benzene rings is 3. The van der Waals surface area contributed by atoms with Gasteiger partial charge in [-0.15, -0.1) is 0 Å². The Kier molecular flexibility index (Phi) is 4.77. The molecule has 0 bridgehead atoms. The van der Waals surface area contributed by atoms with Gasteiger partial charge < -0.3 is 16.2 Å². The lowest BCUT2D eigenvalue weighted by Gasteiger charge is -2.12. The van der Waals surface area contributed by atoms with Gasteiger partial charge in [0.15, 0.2) is 0 Å². The van der Waals surface area contributed by atoms with Crippen molar-refractivity contribution >= 4 is 16.7 Å². The summed E-state index contributed by atoms with van der Waals surface area (Å²) < 4.78 is 0. The summed E-state index contributed by atoms with van der Waals surface area (Å²) in [4.78, 5) is 12.4. The van der Waals surface area contributed by atoms with Gasteiger partial charge in [-0.1, -0.05) is 42.5 Å². The highest BCUT2D eigenvalue weighted by Crippen LogP contribution is 2.32. The van der Waals surface area contributed by atoms with E-state index in [1.165, 1.54) is 0 Å². The van der Waals surface area contributed by atoms with Crippen LogP contribution >= 0.6 is 0 Å². The van der Waals surface area contributed by atoms with Crippen molar-refractivity contribution in [1.29, 1.82) is 0 Å². The Morgan fingerprint density at radius 3 is 2.54 bits per heavy atom. The topological polar surface area (TPSA) is 75.3 Å². The Morgan fingerprint density at radius 1 is 1.00 bits per heavy atom. The molecule has 0 fully saturated rings. The van der Waals surface area contributed by atoms with Crippen LogP contribution in [0.4, 0.5) is 0 Å². The molecule has 3 aromatic carbocycles. The number of carbonyl (C=O) groups excluding carboxylic acids is 1. The molecule has 0 unspecified atom stereocenters. The molecular weight excluding hydrogens is 300 g/mol. The third-order valence-corrected chi connectivity index (χ3v) is 3.99. The molecule has 0 aliphatic heterocycles. The van der Waals surface area contributed by atoms with Crippen molar-refractivity contribution in [3.8, 4) is 16.9 Å². The van der Waals surface area contributed by atoms with Gasteiger partial charge in [-0.25, -0.2) is 0 Å². The molecule has 0 aromatic heterocycles. The zero-order valence-corrected chi connectivity index (χ0v) is 13.3. The van der Waals surface area contributed by atoms with E-state index < -0.39 is 0 Å². The summed E-state index contributed by atoms with van der Waals surface area (Å²) in [6, 6.07) is 18.7. The SMILES string of the molecule is NCCCNC(=O)c1ccc(-c2cccc(O)c2)c2ccccc12. The zero-order chi connectivity index (χ0) is 16.9. The van der Waals surface area contributed by atoms with Gasteiger partial charge in [0.05, 0.1) is 0 Å². The molecule has 4 nitrogen and oxygen atoms in total. The second kappa shape index (κ2) is 7.15. The summed E-state index contributed by atoms with van der Waals surface area (Å²) in [5.41, 5.74) is 8.02. The smallest absolute Gasteiger partial charge is 0.251 e. The van der Waals surface area contributed by atoms with E-state index in [2.05, 4.69) is 5.32 Å². The summed E-state index contributed by atoms with van der Waals surface area (Å²) in [5, 5.41) is 14.5. The maximum atomic E-state index is 12.4. The van der Waals surface area contributed by atoms with Gasteiger partial charge in [-0.3, -0.25) is 4.79 Å². The van der Waals surface area contributed by atoms with E-state index in [1.807, 2.05) is 48.5 Å². The Bertz CT molecular complexity index is 874. The van der Waals surface area contributed by atoms with Crippen LogP contribution in [-0.4, -0.2) is 24.1 Å². The molecule has 24 heavy (non-hydrogen) atoms. The summed E-state index contributed by atoms with van der Waals surface area (Å²) in [6.07, 6.45) is 0.755. The first-order chi connectivity index (χ1) is 11.7. The van der Waals surface area contributed by atoms with Crippen LogP contribution in [-0.2, 0) is 0 Å². The first kappa shape index (κ1) is 16.0. The Balaban J connectivity index is 2.06. The van der Waals surface area contributed by atoms with Crippen LogP contribution in [0.3, 0.4) is 0 Å². The lowest BCUT2D eigenvalue weighted by atomic mass is 9.94. The monoisotopic (exact) mass is 320 g/mol. The van der Waals surface area contributed by atoms with Crippen LogP contribution in [0, 0.1) is 0 Å². The Labute approximate surface area is 140 Å². The number of fused-ring (bicyclic) bond motifs is 1. The number of aromatic hydroxyl groups is 1. The Morgan fingerprint density at radius 2 is 1.79 bits per heavy atom. The van der Waals surface area contributed by atoms with Gasteiger partial charge in [0.25, 0.3) is 5.91 Å². The number of phenolic OH excluding ortho intramolecular Hbond substituents is 1. The van der Waals surface area contributed by atoms with E-state index in [9.17, 15) is 9.90 Å². The first-order valence-electron chi connectivity index (χ1n) is 8.00. The predicted octanol–water partition coefficient (Wildman–Crippen LogP) is 3.29. The highest BCUT2D eigenvalue weighted by Gasteiger charge is 2.13. The summed E-state index contributed by atoms with van der Waals surface area (Å²) >= 11 is 0. The molecule has 4 heteroatoms. The average Bonchev–Trinajstić information content (AvgIpc) is 2.61. The van der Waals surface area contributed by atoms with E-state index in [0.29, 0.717) is 18.7 Å². The maximum absolute atomic E-state index is 12.4. The van der Waals surface area contributed by atoms with E-state index >= 15 is 0 Å². The fourth-order valence-corrected chi connectivity index (χ4v) is 2.82. The van der Waals surface area contributed by atoms with E-state index in [4.69, 9.17) is 5.73 Å². The summed E-state index contributed by atoms with van der Waals surface area (Å²) in [6.45, 7) is 1.12. The van der Waals surface area contributed by atoms with Gasteiger partial charge >= 0.3 is 0 Å². The second-order valence-electron chi connectivity index (χ2n) is 5.65. The van der Waals surface area contributed by atoms with Gasteiger partial charge in [-0.2, -0.15) is 0 Å². The molecule has 0 saturated carbocycles. The number of nitrogens with two attached hydrogens (primary N) is 1. The van der Waals surface area contributed by atoms with E-state index in [-0.39, 0.29) is 11.7 Å². The van der Waals surface area contributed by atoms with Crippen molar-refractivity contribution in [1.82, 2.24) is 5.32 Å². The third kappa shape index (κ3) is 3.24. The molecular formula is C20H20N2O2. The molecule has 3 rings (SSSR count). The van der Waals surface area contributed by atoms with Crippen LogP contribution in [0.5, 0.6) is 5.75 Å². The summed E-state index contributed by atoms with van der Waals surface area (Å²) in [7, 11) is 0. The number of carbonyl (C=O) groups is 1. The van der Waals surface area contributed by atoms with Crippen molar-refractivity contribution in [3.05, 3.63) is 66.2 Å². The molecule has 122 valence electrons. The van der Waals surface area contributed by atoms with Crippen molar-refractivity contribution in [2.24, 2.45) is 5.73 Å². The van der Waals surface area contributed by atoms with Gasteiger partial charge in [-0.05, 0) is 53.1 Å². The largest absolute Gasteiger partial charge is 0.508 e. The maximum Gasteiger partial charge on any atom is 0.251 e. The van der Waals surface area contributed by atoms with Gasteiger partial charge in [0.2, 0.25) is 0 Å². The minimum absolute atomic E-state index is 0.0953. The molecule has 4 N–H and O–H groups in total. The number of nitrogens with one attached hydrogen (secondary N) is 1. The lowest BCUT2D eigenvalue weighted by Crippen LogP contribution is -2.26. The number of hydrogen-bond acceptors (Lipinski definition) is 3. The molecule has 0 spiro atoms. The highest BCUT2D eigenvalue weighted by atomic mass is 16.3. The van der Waals surface area contributed by atoms with E-state index in [0.717, 1.165) is 28.3 Å². The van der Waals surface area contributed by atoms with Crippen LogP contribution in [0.25, 0.3) is 21.9 Å². The fourth-order valence-electron chi connectivity index (χ4n) is 2.82. The minimum Gasteiger partial charge on any atom is -0.508 e. The zero-order valence-electron chi connectivity index (χ0n) is 13.3. The molecule has 0 aliphatic carbocycles. The molecule has 1 amide bonds. The van der Waals surface area contributed by atoms with Crippen molar-refractivity contribution in [2.45, 2.75) is 6.42 Å². The molecule has 0 atom stereocenters. The minimum atomic E-state index is -0.0953. The predicted molar refractivity (Wildman–Crippen MR) is 97.1 cm³/mol. The van der Waals surface area contributed by atoms with Crippen molar-refractivity contribution in [3.63, 3.8) is 0 Å². The van der Waals surface area contributed by atoms with Crippen LogP contribution in [0.15, 0.2) is 60.7 Å². The first-order valence-corrected chi connectivity index (χ1v) is 8.00. The Hall–Kier alpha value is -2.85. The standard InChI is InChI=1S/C20H20N2O2/c21-11-4-12-22-20(24)19-10-9-16(14-5-3-6-15(23)13-14)17-7-1-2-8-18(17)19/h1-3,5-10,13,23H,4,11-12,21H2,(H,22,24). The quantitative estimate of drug-likeness (QED) is 0.631. The molecule has 0 saturated heterocycles. The number of rotatable bonds is 5. The van der Waals surface area contributed by atoms with Crippen molar-refractivity contribution in [2.75, 3.05) is 13.1 Å². The van der Waals surface area contributed by atoms with Crippen LogP contribution in [0.2, 0.25) is 0 Å².